The number of ketones is 1. The van der Waals surface area contributed by atoms with Crippen LogP contribution in [0.25, 0.3) is 0 Å². The van der Waals surface area contributed by atoms with Crippen molar-refractivity contribution in [3.63, 3.8) is 0 Å². The van der Waals surface area contributed by atoms with Crippen LogP contribution in [0.2, 0.25) is 0 Å². The van der Waals surface area contributed by atoms with Crippen LogP contribution in [0.1, 0.15) is 34.6 Å². The van der Waals surface area contributed by atoms with Gasteiger partial charge in [0.15, 0.2) is 5.76 Å². The minimum Gasteiger partial charge on any atom is -0.503 e. The third kappa shape index (κ3) is 3.94. The lowest BCUT2D eigenvalue weighted by Gasteiger charge is -2.26. The number of aliphatic hydroxyl groups excluding tert-OH is 1. The second-order valence-electron chi connectivity index (χ2n) is 6.07. The van der Waals surface area contributed by atoms with Crippen molar-refractivity contribution in [1.29, 1.82) is 0 Å². The Morgan fingerprint density at radius 3 is 2.67 bits per heavy atom. The zero-order valence-corrected chi connectivity index (χ0v) is 15.7. The maximum Gasteiger partial charge on any atom is 0.290 e. The highest BCUT2D eigenvalue weighted by Gasteiger charge is 2.43. The number of thiophene rings is 1. The summed E-state index contributed by atoms with van der Waals surface area (Å²) in [6, 6.07) is 8.25. The van der Waals surface area contributed by atoms with E-state index in [4.69, 9.17) is 4.74 Å². The third-order valence-electron chi connectivity index (χ3n) is 4.37. The molecule has 2 heterocycles. The fourth-order valence-corrected chi connectivity index (χ4v) is 3.81. The standard InChI is InChI=1S/C20H20FNO4S/c1-2-26-11-4-10-22-17(13-6-8-14(21)9-7-13)16(19(24)20(22)25)18(23)15-5-3-12-27-15/h3,5-9,12,17,24H,2,4,10-11H2,1H3/t17-/m0/s1. The van der Waals surface area contributed by atoms with Gasteiger partial charge in [0.2, 0.25) is 5.78 Å². The van der Waals surface area contributed by atoms with E-state index in [1.165, 1.54) is 40.5 Å². The molecular formula is C20H20FNO4S. The molecule has 1 amide bonds. The molecule has 5 nitrogen and oxygen atoms in total. The van der Waals surface area contributed by atoms with Crippen molar-refractivity contribution in [2.45, 2.75) is 19.4 Å². The van der Waals surface area contributed by atoms with Crippen LogP contribution in [0.5, 0.6) is 0 Å². The lowest BCUT2D eigenvalue weighted by atomic mass is 9.95. The van der Waals surface area contributed by atoms with Gasteiger partial charge >= 0.3 is 0 Å². The summed E-state index contributed by atoms with van der Waals surface area (Å²) in [7, 11) is 0. The first-order chi connectivity index (χ1) is 13.0. The van der Waals surface area contributed by atoms with Gasteiger partial charge in [0.1, 0.15) is 5.82 Å². The van der Waals surface area contributed by atoms with Crippen LogP contribution >= 0.6 is 11.3 Å². The van der Waals surface area contributed by atoms with Crippen molar-refractivity contribution >= 4 is 23.0 Å². The van der Waals surface area contributed by atoms with E-state index < -0.39 is 29.3 Å². The number of aliphatic hydroxyl groups is 1. The summed E-state index contributed by atoms with van der Waals surface area (Å²) >= 11 is 1.24. The monoisotopic (exact) mass is 389 g/mol. The predicted octanol–water partition coefficient (Wildman–Crippen LogP) is 3.89. The number of carbonyl (C=O) groups is 2. The van der Waals surface area contributed by atoms with Crippen molar-refractivity contribution < 1.29 is 23.8 Å². The number of nitrogens with zero attached hydrogens (tertiary/aromatic N) is 1. The quantitative estimate of drug-likeness (QED) is 0.549. The number of hydrogen-bond donors (Lipinski definition) is 1. The molecule has 1 aromatic heterocycles. The Balaban J connectivity index is 1.96. The van der Waals surface area contributed by atoms with Gasteiger partial charge in [-0.1, -0.05) is 18.2 Å². The molecule has 0 aliphatic carbocycles. The van der Waals surface area contributed by atoms with Gasteiger partial charge in [0, 0.05) is 19.8 Å². The summed E-state index contributed by atoms with van der Waals surface area (Å²) in [6.45, 7) is 3.23. The van der Waals surface area contributed by atoms with Gasteiger partial charge in [-0.25, -0.2) is 4.39 Å². The van der Waals surface area contributed by atoms with E-state index in [-0.39, 0.29) is 5.57 Å². The first kappa shape index (κ1) is 19.3. The molecule has 0 bridgehead atoms. The number of halogens is 1. The molecule has 0 saturated heterocycles. The van der Waals surface area contributed by atoms with Gasteiger partial charge < -0.3 is 14.7 Å². The van der Waals surface area contributed by atoms with Crippen molar-refractivity contribution in [3.8, 4) is 0 Å². The van der Waals surface area contributed by atoms with Crippen molar-refractivity contribution in [1.82, 2.24) is 4.90 Å². The summed E-state index contributed by atoms with van der Waals surface area (Å²) in [5.41, 5.74) is 0.607. The highest BCUT2D eigenvalue weighted by atomic mass is 32.1. The number of Topliss-reactive ketones (excluding diaryl/α,β-unsaturated/α-hetero) is 1. The van der Waals surface area contributed by atoms with Crippen LogP contribution in [0.3, 0.4) is 0 Å². The molecule has 0 radical (unpaired) electrons. The molecule has 27 heavy (non-hydrogen) atoms. The van der Waals surface area contributed by atoms with E-state index >= 15 is 0 Å². The molecule has 1 aromatic carbocycles. The van der Waals surface area contributed by atoms with Crippen molar-refractivity contribution in [2.75, 3.05) is 19.8 Å². The predicted molar refractivity (Wildman–Crippen MR) is 100 cm³/mol. The maximum absolute atomic E-state index is 13.4. The lowest BCUT2D eigenvalue weighted by Crippen LogP contribution is -2.32. The minimum absolute atomic E-state index is 0.0328. The number of rotatable bonds is 8. The highest BCUT2D eigenvalue weighted by molar-refractivity contribution is 7.12. The first-order valence-electron chi connectivity index (χ1n) is 8.70. The Hall–Kier alpha value is -2.51. The van der Waals surface area contributed by atoms with E-state index in [2.05, 4.69) is 0 Å². The molecule has 2 aromatic rings. The summed E-state index contributed by atoms with van der Waals surface area (Å²) in [6.07, 6.45) is 0.561. The lowest BCUT2D eigenvalue weighted by molar-refractivity contribution is -0.129. The highest BCUT2D eigenvalue weighted by Crippen LogP contribution is 2.39. The Kier molecular flexibility index (Phi) is 6.03. The topological polar surface area (TPSA) is 66.8 Å². The average Bonchev–Trinajstić information content (AvgIpc) is 3.28. The summed E-state index contributed by atoms with van der Waals surface area (Å²) in [5.74, 6) is -1.94. The molecule has 1 atom stereocenters. The molecule has 7 heteroatoms. The van der Waals surface area contributed by atoms with E-state index in [1.807, 2.05) is 6.92 Å². The SMILES string of the molecule is CCOCCCN1C(=O)C(O)=C(C(=O)c2cccs2)[C@@H]1c1ccc(F)cc1. The molecule has 0 fully saturated rings. The fraction of sp³-hybridized carbons (Fsp3) is 0.300. The Morgan fingerprint density at radius 2 is 2.04 bits per heavy atom. The van der Waals surface area contributed by atoms with Crippen LogP contribution < -0.4 is 0 Å². The molecule has 142 valence electrons. The fourth-order valence-electron chi connectivity index (χ4n) is 3.13. The normalized spacial score (nSPS) is 17.0. The summed E-state index contributed by atoms with van der Waals surface area (Å²) in [4.78, 5) is 27.5. The van der Waals surface area contributed by atoms with Gasteiger partial charge in [-0.2, -0.15) is 0 Å². The number of benzene rings is 1. The largest absolute Gasteiger partial charge is 0.503 e. The number of ether oxygens (including phenoxy) is 1. The van der Waals surface area contributed by atoms with Crippen LogP contribution in [0.15, 0.2) is 53.1 Å². The zero-order valence-electron chi connectivity index (χ0n) is 14.9. The molecule has 3 rings (SSSR count). The molecule has 0 unspecified atom stereocenters. The maximum atomic E-state index is 13.4. The van der Waals surface area contributed by atoms with E-state index in [1.54, 1.807) is 17.5 Å². The van der Waals surface area contributed by atoms with E-state index in [0.717, 1.165) is 0 Å². The molecule has 1 N–H and O–H groups in total. The van der Waals surface area contributed by atoms with Crippen LogP contribution in [-0.2, 0) is 9.53 Å². The van der Waals surface area contributed by atoms with Gasteiger partial charge in [-0.15, -0.1) is 11.3 Å². The van der Waals surface area contributed by atoms with Crippen LogP contribution in [-0.4, -0.2) is 41.5 Å². The second kappa shape index (κ2) is 8.45. The minimum atomic E-state index is -0.755. The van der Waals surface area contributed by atoms with Gasteiger partial charge in [0.05, 0.1) is 16.5 Å². The molecular weight excluding hydrogens is 369 g/mol. The number of carbonyl (C=O) groups excluding carboxylic acids is 2. The average molecular weight is 389 g/mol. The smallest absolute Gasteiger partial charge is 0.290 e. The van der Waals surface area contributed by atoms with Gasteiger partial charge in [-0.3, -0.25) is 9.59 Å². The van der Waals surface area contributed by atoms with Crippen molar-refractivity contribution in [2.24, 2.45) is 0 Å². The van der Waals surface area contributed by atoms with E-state index in [9.17, 15) is 19.1 Å². The first-order valence-corrected chi connectivity index (χ1v) is 9.58. The van der Waals surface area contributed by atoms with Crippen molar-refractivity contribution in [3.05, 3.63) is 69.4 Å². The third-order valence-corrected chi connectivity index (χ3v) is 5.24. The second-order valence-corrected chi connectivity index (χ2v) is 7.02. The Labute approximate surface area is 160 Å². The van der Waals surface area contributed by atoms with Gasteiger partial charge in [0.25, 0.3) is 5.91 Å². The van der Waals surface area contributed by atoms with Crippen LogP contribution in [0, 0.1) is 5.82 Å². The molecule has 0 spiro atoms. The van der Waals surface area contributed by atoms with Crippen LogP contribution in [0.4, 0.5) is 4.39 Å². The molecule has 0 saturated carbocycles. The Morgan fingerprint density at radius 1 is 1.30 bits per heavy atom. The molecule has 1 aliphatic heterocycles. The number of amides is 1. The molecule has 1 aliphatic rings. The van der Waals surface area contributed by atoms with E-state index in [0.29, 0.717) is 36.6 Å². The summed E-state index contributed by atoms with van der Waals surface area (Å²) < 4.78 is 18.7. The summed E-state index contributed by atoms with van der Waals surface area (Å²) in [5, 5.41) is 12.2. The number of hydrogen-bond acceptors (Lipinski definition) is 5. The zero-order chi connectivity index (χ0) is 19.4. The Bertz CT molecular complexity index is 845. The van der Waals surface area contributed by atoms with Gasteiger partial charge in [-0.05, 0) is 42.5 Å².